The average Bonchev–Trinajstić information content (AvgIpc) is 2.42. The lowest BCUT2D eigenvalue weighted by Gasteiger charge is -2.27. The van der Waals surface area contributed by atoms with Gasteiger partial charge in [-0.15, -0.1) is 0 Å². The fraction of sp³-hybridized carbons (Fsp3) is 1.00. The number of hydrogen-bond acceptors (Lipinski definition) is 2. The zero-order valence-corrected chi connectivity index (χ0v) is 12.3. The lowest BCUT2D eigenvalue weighted by Crippen LogP contribution is -2.40. The molecule has 1 rings (SSSR count). The van der Waals surface area contributed by atoms with Crippen LogP contribution in [-0.2, 0) is 0 Å². The average molecular weight is 240 g/mol. The monoisotopic (exact) mass is 240 g/mol. The van der Waals surface area contributed by atoms with Gasteiger partial charge in [0.25, 0.3) is 0 Å². The normalized spacial score (nSPS) is 24.9. The molecule has 0 radical (unpaired) electrons. The van der Waals surface area contributed by atoms with Crippen molar-refractivity contribution in [2.75, 3.05) is 26.2 Å². The van der Waals surface area contributed by atoms with Gasteiger partial charge in [0, 0.05) is 19.1 Å². The second-order valence-electron chi connectivity index (χ2n) is 6.29. The van der Waals surface area contributed by atoms with E-state index < -0.39 is 0 Å². The maximum Gasteiger partial charge on any atom is 0.0197 e. The summed E-state index contributed by atoms with van der Waals surface area (Å²) in [5.41, 5.74) is 0. The predicted octanol–water partition coefficient (Wildman–Crippen LogP) is 3.13. The van der Waals surface area contributed by atoms with Crippen LogP contribution in [-0.4, -0.2) is 37.1 Å². The second-order valence-corrected chi connectivity index (χ2v) is 6.29. The zero-order valence-electron chi connectivity index (χ0n) is 12.3. The Balaban J connectivity index is 2.37. The first-order valence-electron chi connectivity index (χ1n) is 7.57. The van der Waals surface area contributed by atoms with Crippen molar-refractivity contribution in [2.24, 2.45) is 11.8 Å². The fourth-order valence-electron chi connectivity index (χ4n) is 2.99. The molecule has 0 bridgehead atoms. The number of rotatable bonds is 6. The van der Waals surface area contributed by atoms with Crippen molar-refractivity contribution in [1.29, 1.82) is 0 Å². The van der Waals surface area contributed by atoms with Crippen LogP contribution in [0.5, 0.6) is 0 Å². The van der Waals surface area contributed by atoms with Gasteiger partial charge in [-0.2, -0.15) is 0 Å². The first-order valence-corrected chi connectivity index (χ1v) is 7.57. The largest absolute Gasteiger partial charge is 0.313 e. The lowest BCUT2D eigenvalue weighted by molar-refractivity contribution is 0.219. The van der Waals surface area contributed by atoms with Crippen molar-refractivity contribution in [3.05, 3.63) is 0 Å². The van der Waals surface area contributed by atoms with Gasteiger partial charge in [-0.05, 0) is 44.2 Å². The van der Waals surface area contributed by atoms with E-state index in [2.05, 4.69) is 37.9 Å². The van der Waals surface area contributed by atoms with Crippen molar-refractivity contribution < 1.29 is 0 Å². The van der Waals surface area contributed by atoms with Gasteiger partial charge in [0.1, 0.15) is 0 Å². The van der Waals surface area contributed by atoms with Crippen LogP contribution in [0, 0.1) is 11.8 Å². The summed E-state index contributed by atoms with van der Waals surface area (Å²) in [7, 11) is 0. The van der Waals surface area contributed by atoms with Gasteiger partial charge in [-0.25, -0.2) is 0 Å². The highest BCUT2D eigenvalue weighted by atomic mass is 15.2. The molecule has 2 atom stereocenters. The molecular formula is C15H32N2. The smallest absolute Gasteiger partial charge is 0.0197 e. The summed E-state index contributed by atoms with van der Waals surface area (Å²) in [6.45, 7) is 14.4. The molecule has 0 aromatic heterocycles. The number of hydrogen-bond donors (Lipinski definition) is 1. The Morgan fingerprint density at radius 1 is 1.29 bits per heavy atom. The third-order valence-corrected chi connectivity index (χ3v) is 3.67. The minimum Gasteiger partial charge on any atom is -0.313 e. The standard InChI is InChI=1S/C15H32N2/c1-5-7-14(4)11-17-9-6-8-16-15(12-17)10-13(2)3/h13-16H,5-12H2,1-4H3. The first-order chi connectivity index (χ1) is 8.11. The van der Waals surface area contributed by atoms with Crippen LogP contribution in [0.4, 0.5) is 0 Å². The lowest BCUT2D eigenvalue weighted by atomic mass is 10.0. The SMILES string of the molecule is CCCC(C)CN1CCCNC(CC(C)C)C1. The molecule has 17 heavy (non-hydrogen) atoms. The molecule has 1 aliphatic rings. The third-order valence-electron chi connectivity index (χ3n) is 3.67. The Morgan fingerprint density at radius 2 is 2.06 bits per heavy atom. The van der Waals surface area contributed by atoms with E-state index in [1.807, 2.05) is 0 Å². The van der Waals surface area contributed by atoms with Gasteiger partial charge in [0.05, 0.1) is 0 Å². The van der Waals surface area contributed by atoms with Crippen LogP contribution in [0.25, 0.3) is 0 Å². The van der Waals surface area contributed by atoms with Gasteiger partial charge in [0.15, 0.2) is 0 Å². The molecule has 0 saturated carbocycles. The quantitative estimate of drug-likeness (QED) is 0.767. The highest BCUT2D eigenvalue weighted by Gasteiger charge is 2.19. The molecule has 0 aromatic carbocycles. The molecule has 2 nitrogen and oxygen atoms in total. The maximum atomic E-state index is 3.71. The Bertz CT molecular complexity index is 191. The summed E-state index contributed by atoms with van der Waals surface area (Å²) in [5.74, 6) is 1.67. The van der Waals surface area contributed by atoms with Crippen LogP contribution < -0.4 is 5.32 Å². The van der Waals surface area contributed by atoms with Crippen molar-refractivity contribution in [1.82, 2.24) is 10.2 Å². The highest BCUT2D eigenvalue weighted by molar-refractivity contribution is 4.78. The van der Waals surface area contributed by atoms with Gasteiger partial charge >= 0.3 is 0 Å². The van der Waals surface area contributed by atoms with E-state index in [4.69, 9.17) is 0 Å². The first kappa shape index (κ1) is 15.0. The Labute approximate surface area is 108 Å². The fourth-order valence-corrected chi connectivity index (χ4v) is 2.99. The van der Waals surface area contributed by atoms with E-state index in [0.29, 0.717) is 6.04 Å². The minimum absolute atomic E-state index is 0.714. The summed E-state index contributed by atoms with van der Waals surface area (Å²) in [5, 5.41) is 3.71. The summed E-state index contributed by atoms with van der Waals surface area (Å²) in [4.78, 5) is 2.69. The van der Waals surface area contributed by atoms with Crippen LogP contribution in [0.3, 0.4) is 0 Å². The Kier molecular flexibility index (Phi) is 7.14. The Hall–Kier alpha value is -0.0800. The minimum atomic E-state index is 0.714. The van der Waals surface area contributed by atoms with E-state index in [1.165, 1.54) is 51.9 Å². The number of nitrogens with zero attached hydrogens (tertiary/aromatic N) is 1. The van der Waals surface area contributed by atoms with Gasteiger partial charge < -0.3 is 10.2 Å². The molecule has 1 saturated heterocycles. The van der Waals surface area contributed by atoms with Crippen LogP contribution in [0.15, 0.2) is 0 Å². The van der Waals surface area contributed by atoms with Gasteiger partial charge in [-0.3, -0.25) is 0 Å². The Morgan fingerprint density at radius 3 is 2.71 bits per heavy atom. The van der Waals surface area contributed by atoms with Crippen molar-refractivity contribution in [2.45, 2.75) is 59.4 Å². The van der Waals surface area contributed by atoms with E-state index in [1.54, 1.807) is 0 Å². The van der Waals surface area contributed by atoms with Gasteiger partial charge in [0.2, 0.25) is 0 Å². The van der Waals surface area contributed by atoms with Crippen LogP contribution in [0.2, 0.25) is 0 Å². The third kappa shape index (κ3) is 6.42. The van der Waals surface area contributed by atoms with E-state index in [-0.39, 0.29) is 0 Å². The zero-order chi connectivity index (χ0) is 12.7. The molecule has 1 N–H and O–H groups in total. The molecule has 0 aliphatic carbocycles. The van der Waals surface area contributed by atoms with Gasteiger partial charge in [-0.1, -0.05) is 34.1 Å². The molecule has 102 valence electrons. The van der Waals surface area contributed by atoms with Crippen molar-refractivity contribution in [3.8, 4) is 0 Å². The molecule has 0 amide bonds. The summed E-state index contributed by atoms with van der Waals surface area (Å²) in [6, 6.07) is 0.714. The van der Waals surface area contributed by atoms with Crippen LogP contribution in [0.1, 0.15) is 53.4 Å². The maximum absolute atomic E-state index is 3.71. The van der Waals surface area contributed by atoms with E-state index in [9.17, 15) is 0 Å². The second kappa shape index (κ2) is 8.10. The summed E-state index contributed by atoms with van der Waals surface area (Å²) in [6.07, 6.45) is 5.33. The number of nitrogens with one attached hydrogen (secondary N) is 1. The molecular weight excluding hydrogens is 208 g/mol. The van der Waals surface area contributed by atoms with Crippen molar-refractivity contribution in [3.63, 3.8) is 0 Å². The molecule has 0 aromatic rings. The van der Waals surface area contributed by atoms with E-state index in [0.717, 1.165) is 11.8 Å². The molecule has 0 spiro atoms. The molecule has 1 aliphatic heterocycles. The highest BCUT2D eigenvalue weighted by Crippen LogP contribution is 2.13. The van der Waals surface area contributed by atoms with Crippen LogP contribution >= 0.6 is 0 Å². The van der Waals surface area contributed by atoms with E-state index >= 15 is 0 Å². The molecule has 1 heterocycles. The topological polar surface area (TPSA) is 15.3 Å². The predicted molar refractivity (Wildman–Crippen MR) is 76.4 cm³/mol. The van der Waals surface area contributed by atoms with Crippen molar-refractivity contribution >= 4 is 0 Å². The molecule has 1 fully saturated rings. The summed E-state index contributed by atoms with van der Waals surface area (Å²) >= 11 is 0. The molecule has 2 heteroatoms. The summed E-state index contributed by atoms with van der Waals surface area (Å²) < 4.78 is 0. The molecule has 2 unspecified atom stereocenters.